The van der Waals surface area contributed by atoms with Crippen LogP contribution in [0.15, 0.2) is 54.9 Å². The fraction of sp³-hybridized carbons (Fsp3) is 0.304. The molecule has 1 aliphatic rings. The van der Waals surface area contributed by atoms with E-state index in [0.29, 0.717) is 30.1 Å². The van der Waals surface area contributed by atoms with Crippen LogP contribution in [0.25, 0.3) is 0 Å². The average molecular weight is 429 g/mol. The molecule has 1 aliphatic heterocycles. The highest BCUT2D eigenvalue weighted by atomic mass is 19.2. The summed E-state index contributed by atoms with van der Waals surface area (Å²) in [5.74, 6) is -1.88. The van der Waals surface area contributed by atoms with E-state index in [9.17, 15) is 18.0 Å². The van der Waals surface area contributed by atoms with Crippen molar-refractivity contribution in [3.05, 3.63) is 89.3 Å². The van der Waals surface area contributed by atoms with Crippen LogP contribution in [0.2, 0.25) is 0 Å². The van der Waals surface area contributed by atoms with E-state index in [1.807, 2.05) is 0 Å². The number of nitrogens with zero attached hydrogens (tertiary/aromatic N) is 3. The number of rotatable bonds is 7. The van der Waals surface area contributed by atoms with Crippen molar-refractivity contribution < 1.29 is 22.7 Å². The number of aromatic nitrogens is 2. The molecule has 0 N–H and O–H groups in total. The monoisotopic (exact) mass is 429 g/mol. The van der Waals surface area contributed by atoms with Crippen molar-refractivity contribution in [2.45, 2.75) is 32.0 Å². The number of amides is 1. The number of carbonyl (C=O) groups excluding carboxylic acids is 1. The van der Waals surface area contributed by atoms with Crippen LogP contribution < -0.4 is 0 Å². The Morgan fingerprint density at radius 3 is 2.65 bits per heavy atom. The molecular formula is C23H22F3N3O2. The molecule has 1 fully saturated rings. The second-order valence-corrected chi connectivity index (χ2v) is 7.55. The number of hydrogen-bond donors (Lipinski definition) is 0. The summed E-state index contributed by atoms with van der Waals surface area (Å²) < 4.78 is 47.6. The molecular weight excluding hydrogens is 407 g/mol. The van der Waals surface area contributed by atoms with Gasteiger partial charge >= 0.3 is 0 Å². The normalized spacial score (nSPS) is 15.9. The van der Waals surface area contributed by atoms with Crippen molar-refractivity contribution in [2.75, 3.05) is 13.2 Å². The van der Waals surface area contributed by atoms with Gasteiger partial charge in [-0.3, -0.25) is 4.79 Å². The molecule has 2 aromatic carbocycles. The van der Waals surface area contributed by atoms with Gasteiger partial charge in [0.1, 0.15) is 11.6 Å². The van der Waals surface area contributed by atoms with Crippen LogP contribution in [0.4, 0.5) is 13.2 Å². The van der Waals surface area contributed by atoms with E-state index in [2.05, 4.69) is 4.98 Å². The van der Waals surface area contributed by atoms with E-state index >= 15 is 0 Å². The van der Waals surface area contributed by atoms with Crippen LogP contribution >= 0.6 is 0 Å². The summed E-state index contributed by atoms with van der Waals surface area (Å²) in [5, 5.41) is 0. The van der Waals surface area contributed by atoms with Crippen molar-refractivity contribution >= 4 is 5.91 Å². The molecule has 5 nitrogen and oxygen atoms in total. The highest BCUT2D eigenvalue weighted by molar-refractivity contribution is 5.94. The topological polar surface area (TPSA) is 47.4 Å². The fourth-order valence-corrected chi connectivity index (χ4v) is 3.67. The van der Waals surface area contributed by atoms with Crippen LogP contribution in [-0.2, 0) is 17.8 Å². The average Bonchev–Trinajstić information content (AvgIpc) is 3.43. The van der Waals surface area contributed by atoms with E-state index in [0.717, 1.165) is 25.0 Å². The molecule has 1 saturated heterocycles. The van der Waals surface area contributed by atoms with Gasteiger partial charge in [0.15, 0.2) is 11.6 Å². The Morgan fingerprint density at radius 1 is 1.13 bits per heavy atom. The third kappa shape index (κ3) is 5.14. The summed E-state index contributed by atoms with van der Waals surface area (Å²) in [5.41, 5.74) is 0.951. The molecule has 0 aliphatic carbocycles. The van der Waals surface area contributed by atoms with E-state index < -0.39 is 17.5 Å². The van der Waals surface area contributed by atoms with Gasteiger partial charge in [-0.2, -0.15) is 0 Å². The fourth-order valence-electron chi connectivity index (χ4n) is 3.67. The number of ether oxygens (including phenoxy) is 1. The predicted molar refractivity (Wildman–Crippen MR) is 108 cm³/mol. The van der Waals surface area contributed by atoms with Crippen LogP contribution in [0.1, 0.15) is 34.6 Å². The molecule has 8 heteroatoms. The minimum Gasteiger partial charge on any atom is -0.376 e. The summed E-state index contributed by atoms with van der Waals surface area (Å²) in [6.45, 7) is 1.53. The first-order valence-corrected chi connectivity index (χ1v) is 10.1. The zero-order chi connectivity index (χ0) is 21.8. The highest BCUT2D eigenvalue weighted by Gasteiger charge is 2.25. The Kier molecular flexibility index (Phi) is 6.36. The van der Waals surface area contributed by atoms with Crippen molar-refractivity contribution in [3.8, 4) is 0 Å². The van der Waals surface area contributed by atoms with Gasteiger partial charge in [0.05, 0.1) is 12.6 Å². The van der Waals surface area contributed by atoms with Crippen LogP contribution in [-0.4, -0.2) is 39.6 Å². The molecule has 4 rings (SSSR count). The van der Waals surface area contributed by atoms with Gasteiger partial charge in [-0.05, 0) is 54.8 Å². The van der Waals surface area contributed by atoms with Crippen molar-refractivity contribution in [3.63, 3.8) is 0 Å². The first kappa shape index (κ1) is 21.1. The lowest BCUT2D eigenvalue weighted by molar-refractivity contribution is 0.0499. The van der Waals surface area contributed by atoms with E-state index in [1.54, 1.807) is 21.9 Å². The molecule has 2 heterocycles. The third-order valence-corrected chi connectivity index (χ3v) is 5.30. The van der Waals surface area contributed by atoms with E-state index in [-0.39, 0.29) is 25.1 Å². The molecule has 3 aromatic rings. The quantitative estimate of drug-likeness (QED) is 0.567. The molecule has 0 bridgehead atoms. The molecule has 0 radical (unpaired) electrons. The number of hydrogen-bond acceptors (Lipinski definition) is 3. The van der Waals surface area contributed by atoms with Gasteiger partial charge in [0, 0.05) is 37.7 Å². The number of imidazole rings is 1. The van der Waals surface area contributed by atoms with Crippen LogP contribution in [0.5, 0.6) is 0 Å². The molecule has 0 saturated carbocycles. The minimum absolute atomic E-state index is 0.0704. The van der Waals surface area contributed by atoms with Crippen molar-refractivity contribution in [2.24, 2.45) is 0 Å². The molecule has 1 unspecified atom stereocenters. The van der Waals surface area contributed by atoms with Gasteiger partial charge in [-0.15, -0.1) is 0 Å². The van der Waals surface area contributed by atoms with Gasteiger partial charge in [0.2, 0.25) is 0 Å². The second kappa shape index (κ2) is 9.34. The molecule has 1 atom stereocenters. The standard InChI is InChI=1S/C23H22F3N3O2/c24-18-6-4-17(5-7-18)23(30)29(14-19-2-1-11-31-19)15-22-27-9-10-28(22)13-16-3-8-20(25)21(26)12-16/h3-10,12,19H,1-2,11,13-15H2. The zero-order valence-electron chi connectivity index (χ0n) is 16.8. The summed E-state index contributed by atoms with van der Waals surface area (Å²) in [4.78, 5) is 19.1. The Morgan fingerprint density at radius 2 is 1.94 bits per heavy atom. The highest BCUT2D eigenvalue weighted by Crippen LogP contribution is 2.18. The lowest BCUT2D eigenvalue weighted by Crippen LogP contribution is -2.37. The predicted octanol–water partition coefficient (Wildman–Crippen LogP) is 4.17. The molecule has 0 spiro atoms. The SMILES string of the molecule is O=C(c1ccc(F)cc1)N(Cc1nccn1Cc1ccc(F)c(F)c1)CC1CCCO1. The number of carbonyl (C=O) groups is 1. The van der Waals surface area contributed by atoms with Gasteiger partial charge in [0.25, 0.3) is 5.91 Å². The second-order valence-electron chi connectivity index (χ2n) is 7.55. The maximum absolute atomic E-state index is 13.6. The van der Waals surface area contributed by atoms with Gasteiger partial charge < -0.3 is 14.2 Å². The molecule has 1 aromatic heterocycles. The van der Waals surface area contributed by atoms with E-state index in [4.69, 9.17) is 4.74 Å². The molecule has 1 amide bonds. The van der Waals surface area contributed by atoms with Gasteiger partial charge in [-0.25, -0.2) is 18.2 Å². The summed E-state index contributed by atoms with van der Waals surface area (Å²) in [6, 6.07) is 9.15. The first-order valence-electron chi connectivity index (χ1n) is 10.1. The Labute approximate surface area is 178 Å². The Hall–Kier alpha value is -3.13. The summed E-state index contributed by atoms with van der Waals surface area (Å²) in [6.07, 6.45) is 5.05. The van der Waals surface area contributed by atoms with Crippen molar-refractivity contribution in [1.29, 1.82) is 0 Å². The summed E-state index contributed by atoms with van der Waals surface area (Å²) >= 11 is 0. The lowest BCUT2D eigenvalue weighted by Gasteiger charge is -2.25. The third-order valence-electron chi connectivity index (χ3n) is 5.30. The largest absolute Gasteiger partial charge is 0.376 e. The van der Waals surface area contributed by atoms with Crippen LogP contribution in [0, 0.1) is 17.5 Å². The smallest absolute Gasteiger partial charge is 0.254 e. The number of halogens is 3. The Bertz CT molecular complexity index is 1050. The Balaban J connectivity index is 1.55. The number of benzene rings is 2. The maximum Gasteiger partial charge on any atom is 0.254 e. The van der Waals surface area contributed by atoms with E-state index in [1.165, 1.54) is 30.3 Å². The maximum atomic E-state index is 13.6. The molecule has 31 heavy (non-hydrogen) atoms. The molecule has 162 valence electrons. The zero-order valence-corrected chi connectivity index (χ0v) is 16.8. The lowest BCUT2D eigenvalue weighted by atomic mass is 10.1. The van der Waals surface area contributed by atoms with Gasteiger partial charge in [-0.1, -0.05) is 6.07 Å². The van der Waals surface area contributed by atoms with Crippen LogP contribution in [0.3, 0.4) is 0 Å². The summed E-state index contributed by atoms with van der Waals surface area (Å²) in [7, 11) is 0. The minimum atomic E-state index is -0.911. The first-order chi connectivity index (χ1) is 15.0. The van der Waals surface area contributed by atoms with Crippen molar-refractivity contribution in [1.82, 2.24) is 14.5 Å².